The highest BCUT2D eigenvalue weighted by atomic mass is 127. The van der Waals surface area contributed by atoms with Crippen LogP contribution in [0.4, 0.5) is 20.6 Å². The van der Waals surface area contributed by atoms with Gasteiger partial charge in [0, 0.05) is 47.5 Å². The topological polar surface area (TPSA) is 134 Å². The van der Waals surface area contributed by atoms with Crippen LogP contribution in [0.2, 0.25) is 0 Å². The molecule has 2 aromatic heterocycles. The number of nitrogens with one attached hydrogen (secondary N) is 2. The average molecular weight is 645 g/mol. The van der Waals surface area contributed by atoms with Crippen LogP contribution in [0.1, 0.15) is 23.3 Å². The number of carbonyl (C=O) groups is 2. The van der Waals surface area contributed by atoms with E-state index in [1.165, 1.54) is 31.5 Å². The normalized spacial score (nSPS) is 15.3. The number of carbonyl (C=O) groups excluding carboxylic acids is 1. The number of methoxy groups -OCH3 is 1. The van der Waals surface area contributed by atoms with E-state index in [0.717, 1.165) is 26.6 Å². The van der Waals surface area contributed by atoms with E-state index in [2.05, 4.69) is 53.2 Å². The molecule has 0 saturated carbocycles. The number of piperidine rings is 1. The van der Waals surface area contributed by atoms with Crippen molar-refractivity contribution in [3.8, 4) is 17.1 Å². The van der Waals surface area contributed by atoms with Crippen molar-refractivity contribution in [3.63, 3.8) is 0 Å². The Kier molecular flexibility index (Phi) is 7.50. The van der Waals surface area contributed by atoms with Gasteiger partial charge in [0.1, 0.15) is 22.8 Å². The summed E-state index contributed by atoms with van der Waals surface area (Å²) >= 11 is 2.17. The lowest BCUT2D eigenvalue weighted by atomic mass is 10.0. The van der Waals surface area contributed by atoms with E-state index in [1.54, 1.807) is 10.7 Å². The van der Waals surface area contributed by atoms with E-state index in [-0.39, 0.29) is 28.9 Å². The summed E-state index contributed by atoms with van der Waals surface area (Å²) in [7, 11) is 3.24. The Hall–Kier alpha value is -4.01. The number of fused-ring (bicyclic) bond motifs is 1. The number of aryl methyl sites for hydroxylation is 1. The van der Waals surface area contributed by atoms with Gasteiger partial charge < -0.3 is 25.4 Å². The maximum atomic E-state index is 14.7. The second kappa shape index (κ2) is 11.0. The molecule has 5 rings (SSSR count). The first-order valence-electron chi connectivity index (χ1n) is 12.1. The van der Waals surface area contributed by atoms with Crippen molar-refractivity contribution < 1.29 is 23.8 Å². The largest absolute Gasteiger partial charge is 0.496 e. The van der Waals surface area contributed by atoms with Gasteiger partial charge in [-0.1, -0.05) is 6.07 Å². The number of carboxylic acid groups (broad SMARTS) is 1. The molecule has 0 radical (unpaired) electrons. The number of halogens is 2. The van der Waals surface area contributed by atoms with Gasteiger partial charge in [0.15, 0.2) is 5.82 Å². The standard InChI is InChI=1S/C26H25FIN7O4/c1-34-13-15-22(33-34)17(28)11-19(23(15)35-10-4-5-14(12-35)30-26(37)38)32-25(36)18-8-9-29-24(31-18)21-16(27)6-3-7-20(21)39-2/h3,6-9,11,13-14,30H,4-5,10,12H2,1-2H3,(H,32,36)(H,37,38). The number of aromatic nitrogens is 4. The van der Waals surface area contributed by atoms with Gasteiger partial charge in [-0.05, 0) is 59.7 Å². The number of benzene rings is 2. The number of nitrogens with zero attached hydrogens (tertiary/aromatic N) is 5. The number of hydrogen-bond acceptors (Lipinski definition) is 7. The van der Waals surface area contributed by atoms with Crippen LogP contribution in [0.25, 0.3) is 22.3 Å². The molecule has 202 valence electrons. The molecule has 1 saturated heterocycles. The highest BCUT2D eigenvalue weighted by molar-refractivity contribution is 14.1. The van der Waals surface area contributed by atoms with Gasteiger partial charge in [0.2, 0.25) is 0 Å². The smallest absolute Gasteiger partial charge is 0.404 e. The predicted octanol–water partition coefficient (Wildman–Crippen LogP) is 4.27. The van der Waals surface area contributed by atoms with E-state index < -0.39 is 17.8 Å². The van der Waals surface area contributed by atoms with E-state index in [0.29, 0.717) is 25.2 Å². The molecule has 2 aromatic carbocycles. The van der Waals surface area contributed by atoms with Crippen molar-refractivity contribution >= 4 is 56.9 Å². The Balaban J connectivity index is 1.53. The Labute approximate surface area is 236 Å². The minimum absolute atomic E-state index is 0.0220. The molecule has 3 heterocycles. The lowest BCUT2D eigenvalue weighted by molar-refractivity contribution is 0.102. The Bertz CT molecular complexity index is 1580. The van der Waals surface area contributed by atoms with Gasteiger partial charge in [0.25, 0.3) is 5.91 Å². The molecule has 11 nitrogen and oxygen atoms in total. The van der Waals surface area contributed by atoms with E-state index in [1.807, 2.05) is 19.3 Å². The van der Waals surface area contributed by atoms with Gasteiger partial charge >= 0.3 is 6.09 Å². The van der Waals surface area contributed by atoms with Crippen LogP contribution in [0, 0.1) is 9.39 Å². The maximum absolute atomic E-state index is 14.7. The zero-order chi connectivity index (χ0) is 27.7. The average Bonchev–Trinajstić information content (AvgIpc) is 3.30. The third kappa shape index (κ3) is 5.44. The Morgan fingerprint density at radius 1 is 1.28 bits per heavy atom. The monoisotopic (exact) mass is 645 g/mol. The zero-order valence-electron chi connectivity index (χ0n) is 21.1. The summed E-state index contributed by atoms with van der Waals surface area (Å²) in [5.74, 6) is -0.804. The number of ether oxygens (including phenoxy) is 1. The van der Waals surface area contributed by atoms with Crippen LogP contribution < -0.4 is 20.3 Å². The maximum Gasteiger partial charge on any atom is 0.404 e. The number of hydrogen-bond donors (Lipinski definition) is 3. The Morgan fingerprint density at radius 2 is 2.10 bits per heavy atom. The molecule has 39 heavy (non-hydrogen) atoms. The molecule has 13 heteroatoms. The summed E-state index contributed by atoms with van der Waals surface area (Å²) in [5, 5.41) is 20.2. The fourth-order valence-electron chi connectivity index (χ4n) is 4.84. The summed E-state index contributed by atoms with van der Waals surface area (Å²) < 4.78 is 22.5. The van der Waals surface area contributed by atoms with Crippen LogP contribution in [0.15, 0.2) is 42.7 Å². The molecule has 0 bridgehead atoms. The summed E-state index contributed by atoms with van der Waals surface area (Å²) in [6.45, 7) is 1.11. The van der Waals surface area contributed by atoms with Gasteiger partial charge in [-0.15, -0.1) is 0 Å². The van der Waals surface area contributed by atoms with Crippen LogP contribution in [-0.2, 0) is 7.05 Å². The van der Waals surface area contributed by atoms with Gasteiger partial charge in [-0.25, -0.2) is 19.2 Å². The van der Waals surface area contributed by atoms with Crippen LogP contribution in [-0.4, -0.2) is 63.1 Å². The van der Waals surface area contributed by atoms with Crippen LogP contribution >= 0.6 is 22.6 Å². The summed E-state index contributed by atoms with van der Waals surface area (Å²) in [4.78, 5) is 35.3. The minimum atomic E-state index is -1.07. The molecule has 1 aliphatic rings. The van der Waals surface area contributed by atoms with Crippen molar-refractivity contribution in [1.82, 2.24) is 25.1 Å². The first-order chi connectivity index (χ1) is 18.7. The van der Waals surface area contributed by atoms with Crippen molar-refractivity contribution in [1.29, 1.82) is 0 Å². The highest BCUT2D eigenvalue weighted by Crippen LogP contribution is 2.39. The predicted molar refractivity (Wildman–Crippen MR) is 152 cm³/mol. The van der Waals surface area contributed by atoms with Crippen molar-refractivity contribution in [2.45, 2.75) is 18.9 Å². The summed E-state index contributed by atoms with van der Waals surface area (Å²) in [5.41, 5.74) is 2.15. The number of anilines is 2. The van der Waals surface area contributed by atoms with E-state index >= 15 is 0 Å². The molecule has 0 spiro atoms. The van der Waals surface area contributed by atoms with Crippen LogP contribution in [0.3, 0.4) is 0 Å². The van der Waals surface area contributed by atoms with Crippen LogP contribution in [0.5, 0.6) is 5.75 Å². The first kappa shape index (κ1) is 26.6. The highest BCUT2D eigenvalue weighted by Gasteiger charge is 2.27. The molecular weight excluding hydrogens is 620 g/mol. The quantitative estimate of drug-likeness (QED) is 0.265. The number of rotatable bonds is 6. The van der Waals surface area contributed by atoms with Gasteiger partial charge in [-0.2, -0.15) is 5.10 Å². The first-order valence-corrected chi connectivity index (χ1v) is 13.2. The lowest BCUT2D eigenvalue weighted by Gasteiger charge is -2.35. The minimum Gasteiger partial charge on any atom is -0.496 e. The molecule has 1 aliphatic heterocycles. The fourth-order valence-corrected chi connectivity index (χ4v) is 5.55. The molecule has 1 atom stereocenters. The lowest BCUT2D eigenvalue weighted by Crippen LogP contribution is -2.47. The second-order valence-electron chi connectivity index (χ2n) is 9.09. The molecular formula is C26H25FIN7O4. The van der Waals surface area contributed by atoms with Gasteiger partial charge in [0.05, 0.1) is 24.0 Å². The fraction of sp³-hybridized carbons (Fsp3) is 0.269. The molecule has 2 amide bonds. The molecule has 1 unspecified atom stereocenters. The summed E-state index contributed by atoms with van der Waals surface area (Å²) in [6.07, 6.45) is 3.69. The van der Waals surface area contributed by atoms with Crippen molar-refractivity contribution in [2.75, 3.05) is 30.4 Å². The van der Waals surface area contributed by atoms with Crippen molar-refractivity contribution in [3.05, 3.63) is 57.8 Å². The molecule has 4 aromatic rings. The molecule has 0 aliphatic carbocycles. The molecule has 3 N–H and O–H groups in total. The zero-order valence-corrected chi connectivity index (χ0v) is 23.3. The van der Waals surface area contributed by atoms with E-state index in [4.69, 9.17) is 4.74 Å². The summed E-state index contributed by atoms with van der Waals surface area (Å²) in [6, 6.07) is 7.41. The number of amides is 2. The third-order valence-electron chi connectivity index (χ3n) is 6.46. The van der Waals surface area contributed by atoms with Gasteiger partial charge in [-0.3, -0.25) is 9.48 Å². The van der Waals surface area contributed by atoms with Crippen molar-refractivity contribution in [2.24, 2.45) is 7.05 Å². The third-order valence-corrected chi connectivity index (χ3v) is 7.28. The Morgan fingerprint density at radius 3 is 2.87 bits per heavy atom. The van der Waals surface area contributed by atoms with E-state index in [9.17, 15) is 19.1 Å². The SMILES string of the molecule is COc1cccc(F)c1-c1nccc(C(=O)Nc2cc(I)c3nn(C)cc3c2N2CCCC(NC(=O)O)C2)n1. The second-order valence-corrected chi connectivity index (χ2v) is 10.3. The molecule has 1 fully saturated rings.